The number of hydrogen-bond acceptors (Lipinski definition) is 3. The molecule has 19 heavy (non-hydrogen) atoms. The Bertz CT molecular complexity index is 616. The van der Waals surface area contributed by atoms with Crippen molar-refractivity contribution in [3.63, 3.8) is 0 Å². The Labute approximate surface area is 113 Å². The van der Waals surface area contributed by atoms with Gasteiger partial charge in [0.2, 0.25) is 0 Å². The molecule has 0 bridgehead atoms. The van der Waals surface area contributed by atoms with Gasteiger partial charge >= 0.3 is 0 Å². The van der Waals surface area contributed by atoms with E-state index in [1.807, 2.05) is 17.8 Å². The molecule has 1 aliphatic rings. The lowest BCUT2D eigenvalue weighted by Crippen LogP contribution is -2.08. The zero-order chi connectivity index (χ0) is 13.4. The smallest absolute Gasteiger partial charge is 0.122 e. The number of aryl methyl sites for hydroxylation is 1. The maximum Gasteiger partial charge on any atom is 0.122 e. The lowest BCUT2D eigenvalue weighted by molar-refractivity contribution is 0.357. The Hall–Kier alpha value is -1.81. The number of fused-ring (bicyclic) bond motifs is 1. The van der Waals surface area contributed by atoms with E-state index in [0.29, 0.717) is 6.54 Å². The summed E-state index contributed by atoms with van der Waals surface area (Å²) in [7, 11) is 1.98. The highest BCUT2D eigenvalue weighted by Crippen LogP contribution is 2.32. The number of benzene rings is 1. The van der Waals surface area contributed by atoms with Gasteiger partial charge in [-0.25, -0.2) is 0 Å². The summed E-state index contributed by atoms with van der Waals surface area (Å²) < 4.78 is 7.49. The Balaban J connectivity index is 2.05. The summed E-state index contributed by atoms with van der Waals surface area (Å²) in [6, 6.07) is 6.34. The van der Waals surface area contributed by atoms with Gasteiger partial charge in [-0.05, 0) is 42.8 Å². The summed E-state index contributed by atoms with van der Waals surface area (Å²) in [5.41, 5.74) is 11.6. The lowest BCUT2D eigenvalue weighted by atomic mass is 10.0. The van der Waals surface area contributed by atoms with E-state index in [2.05, 4.69) is 24.2 Å². The fraction of sp³-hybridized carbons (Fsp3) is 0.400. The molecule has 3 rings (SSSR count). The fourth-order valence-electron chi connectivity index (χ4n) is 2.76. The summed E-state index contributed by atoms with van der Waals surface area (Å²) in [5.74, 6) is 1.01. The zero-order valence-electron chi connectivity index (χ0n) is 11.4. The van der Waals surface area contributed by atoms with Gasteiger partial charge in [-0.2, -0.15) is 5.10 Å². The van der Waals surface area contributed by atoms with Crippen LogP contribution in [0.5, 0.6) is 5.75 Å². The van der Waals surface area contributed by atoms with Crippen molar-refractivity contribution in [2.24, 2.45) is 12.8 Å². The molecule has 0 amide bonds. The molecule has 4 nitrogen and oxygen atoms in total. The van der Waals surface area contributed by atoms with E-state index in [4.69, 9.17) is 10.5 Å². The number of aromatic nitrogens is 2. The van der Waals surface area contributed by atoms with Crippen molar-refractivity contribution in [2.75, 3.05) is 13.2 Å². The first-order valence-electron chi connectivity index (χ1n) is 6.69. The normalized spacial score (nSPS) is 13.4. The predicted octanol–water partition coefficient (Wildman–Crippen LogP) is 1.83. The van der Waals surface area contributed by atoms with Crippen LogP contribution in [0.15, 0.2) is 18.2 Å². The Morgan fingerprint density at radius 2 is 2.26 bits per heavy atom. The van der Waals surface area contributed by atoms with Crippen molar-refractivity contribution in [3.05, 3.63) is 35.0 Å². The average molecular weight is 257 g/mol. The molecule has 1 aromatic carbocycles. The second kappa shape index (κ2) is 4.70. The maximum absolute atomic E-state index is 5.66. The molecule has 0 fully saturated rings. The highest BCUT2D eigenvalue weighted by molar-refractivity contribution is 5.66. The number of nitrogens with two attached hydrogens (primary N) is 1. The van der Waals surface area contributed by atoms with Gasteiger partial charge in [0.1, 0.15) is 5.75 Å². The quantitative estimate of drug-likeness (QED) is 0.912. The van der Waals surface area contributed by atoms with Crippen LogP contribution in [0, 0.1) is 6.92 Å². The first kappa shape index (κ1) is 12.2. The third-order valence-corrected chi connectivity index (χ3v) is 3.77. The summed E-state index contributed by atoms with van der Waals surface area (Å²) in [6.45, 7) is 3.56. The predicted molar refractivity (Wildman–Crippen MR) is 75.3 cm³/mol. The SMILES string of the molecule is Cc1c(-c2ccc3c(c2)CCO3)nn(C)c1CCN. The number of rotatable bonds is 3. The molecule has 2 N–H and O–H groups in total. The molecule has 4 heteroatoms. The van der Waals surface area contributed by atoms with Crippen LogP contribution in [0.25, 0.3) is 11.3 Å². The van der Waals surface area contributed by atoms with Crippen molar-refractivity contribution >= 4 is 0 Å². The van der Waals surface area contributed by atoms with E-state index in [9.17, 15) is 0 Å². The molecule has 2 aromatic rings. The third kappa shape index (κ3) is 2.02. The average Bonchev–Trinajstić information content (AvgIpc) is 2.97. The number of nitrogens with zero attached hydrogens (tertiary/aromatic N) is 2. The standard InChI is InChI=1S/C15H19N3O/c1-10-13(5-7-16)18(2)17-15(10)12-3-4-14-11(9-12)6-8-19-14/h3-4,9H,5-8,16H2,1-2H3. The van der Waals surface area contributed by atoms with Crippen LogP contribution < -0.4 is 10.5 Å². The molecule has 1 aliphatic heterocycles. The minimum atomic E-state index is 0.651. The van der Waals surface area contributed by atoms with E-state index in [-0.39, 0.29) is 0 Å². The summed E-state index contributed by atoms with van der Waals surface area (Å²) in [6.07, 6.45) is 1.86. The van der Waals surface area contributed by atoms with Crippen LogP contribution in [0.2, 0.25) is 0 Å². The van der Waals surface area contributed by atoms with Crippen molar-refractivity contribution < 1.29 is 4.74 Å². The van der Waals surface area contributed by atoms with Gasteiger partial charge in [0, 0.05) is 31.1 Å². The molecule has 0 saturated heterocycles. The molecule has 0 saturated carbocycles. The van der Waals surface area contributed by atoms with Gasteiger partial charge < -0.3 is 10.5 Å². The Morgan fingerprint density at radius 3 is 3.05 bits per heavy atom. The maximum atomic E-state index is 5.66. The number of hydrogen-bond donors (Lipinski definition) is 1. The van der Waals surface area contributed by atoms with E-state index in [0.717, 1.165) is 30.9 Å². The van der Waals surface area contributed by atoms with Crippen LogP contribution in [0.1, 0.15) is 16.8 Å². The second-order valence-corrected chi connectivity index (χ2v) is 5.00. The van der Waals surface area contributed by atoms with Gasteiger partial charge in [0.25, 0.3) is 0 Å². The first-order chi connectivity index (χ1) is 9.20. The topological polar surface area (TPSA) is 53.1 Å². The first-order valence-corrected chi connectivity index (χ1v) is 6.69. The molecule has 0 spiro atoms. The summed E-state index contributed by atoms with van der Waals surface area (Å²) in [4.78, 5) is 0. The van der Waals surface area contributed by atoms with E-state index in [1.54, 1.807) is 0 Å². The largest absolute Gasteiger partial charge is 0.493 e. The minimum Gasteiger partial charge on any atom is -0.493 e. The van der Waals surface area contributed by atoms with Crippen LogP contribution in [0.4, 0.5) is 0 Å². The minimum absolute atomic E-state index is 0.651. The highest BCUT2D eigenvalue weighted by atomic mass is 16.5. The van der Waals surface area contributed by atoms with Crippen LogP contribution in [-0.4, -0.2) is 22.9 Å². The Morgan fingerprint density at radius 1 is 1.42 bits per heavy atom. The third-order valence-electron chi connectivity index (χ3n) is 3.77. The van der Waals surface area contributed by atoms with Crippen LogP contribution >= 0.6 is 0 Å². The Kier molecular flexibility index (Phi) is 3.03. The molecule has 2 heterocycles. The number of ether oxygens (including phenoxy) is 1. The van der Waals surface area contributed by atoms with E-state index < -0.39 is 0 Å². The van der Waals surface area contributed by atoms with E-state index >= 15 is 0 Å². The molecule has 100 valence electrons. The highest BCUT2D eigenvalue weighted by Gasteiger charge is 2.17. The van der Waals surface area contributed by atoms with Gasteiger partial charge in [-0.3, -0.25) is 4.68 Å². The summed E-state index contributed by atoms with van der Waals surface area (Å²) in [5, 5.41) is 4.64. The van der Waals surface area contributed by atoms with Gasteiger partial charge in [0.05, 0.1) is 12.3 Å². The van der Waals surface area contributed by atoms with Crippen molar-refractivity contribution in [2.45, 2.75) is 19.8 Å². The molecular formula is C15H19N3O. The second-order valence-electron chi connectivity index (χ2n) is 5.00. The lowest BCUT2D eigenvalue weighted by Gasteiger charge is -2.03. The van der Waals surface area contributed by atoms with Gasteiger partial charge in [-0.15, -0.1) is 0 Å². The zero-order valence-corrected chi connectivity index (χ0v) is 11.4. The molecule has 1 aromatic heterocycles. The summed E-state index contributed by atoms with van der Waals surface area (Å²) >= 11 is 0. The van der Waals surface area contributed by atoms with Crippen molar-refractivity contribution in [1.29, 1.82) is 0 Å². The molecule has 0 radical (unpaired) electrons. The van der Waals surface area contributed by atoms with Crippen molar-refractivity contribution in [3.8, 4) is 17.0 Å². The fourth-order valence-corrected chi connectivity index (χ4v) is 2.76. The molecule has 0 aliphatic carbocycles. The van der Waals surface area contributed by atoms with Crippen LogP contribution in [0.3, 0.4) is 0 Å². The molecular weight excluding hydrogens is 238 g/mol. The van der Waals surface area contributed by atoms with Crippen molar-refractivity contribution in [1.82, 2.24) is 9.78 Å². The van der Waals surface area contributed by atoms with E-state index in [1.165, 1.54) is 22.4 Å². The van der Waals surface area contributed by atoms with Crippen LogP contribution in [-0.2, 0) is 19.9 Å². The monoisotopic (exact) mass is 257 g/mol. The van der Waals surface area contributed by atoms with Gasteiger partial charge in [-0.1, -0.05) is 0 Å². The van der Waals surface area contributed by atoms with Gasteiger partial charge in [0.15, 0.2) is 0 Å². The molecule has 0 atom stereocenters. The molecule has 0 unspecified atom stereocenters.